The summed E-state index contributed by atoms with van der Waals surface area (Å²) in [4.78, 5) is 0. The van der Waals surface area contributed by atoms with Gasteiger partial charge in [0.1, 0.15) is 171 Å². The summed E-state index contributed by atoms with van der Waals surface area (Å²) in [5.74, 6) is 0. The highest BCUT2D eigenvalue weighted by molar-refractivity contribution is 7.86. The second kappa shape index (κ2) is 41.3. The van der Waals surface area contributed by atoms with Crippen LogP contribution in [-0.4, -0.2) is 426 Å². The maximum Gasteiger partial charge on any atom is 0.264 e. The second-order valence-electron chi connectivity index (χ2n) is 25.6. The van der Waals surface area contributed by atoms with Crippen molar-refractivity contribution in [3.05, 3.63) is 0 Å². The third-order valence-corrected chi connectivity index (χ3v) is 20.7. The zero-order chi connectivity index (χ0) is 75.9. The van der Waals surface area contributed by atoms with Gasteiger partial charge in [0.05, 0.1) is 58.8 Å². The molecule has 0 unspecified atom stereocenters. The van der Waals surface area contributed by atoms with Gasteiger partial charge in [0.25, 0.3) is 20.2 Å². The number of hydrogen-bond acceptors (Lipinski definition) is 39. The largest absolute Gasteiger partial charge is 0.382 e. The molecule has 0 aromatic carbocycles. The predicted molar refractivity (Wildman–Crippen MR) is 347 cm³/mol. The standard InChI is InChI=1S/C63H112O39S2/c1-68-22-29-36-43(73-6)51(81-14)58(90-29)98-38-31(24-70-3)92-60(53(83-16)45(38)75-8)101-41-34(27-87-103(20,64)65)95-63(56(86-19)48(41)78-11)100-40-33(26-72-5)93-61(54(84-17)47(40)77-10)102-42-35(28-88-104(21,66)67)94-62(55(85-18)49(42)79-12)99-39-32(25-71-4)91-59(52(82-15)46(39)76-9)97-37-30(23-69-2)89-57(96-36)50(80-13)44(37)74-7/h29-63H,22-28H2,1-21H3/t29-,30-,31-,32+,33+,34-,35+,36+,37+,38+,39+,40+,41+,42+,43-,44-,45-,46-,47+,48-,49+,50+,51+,52+,53+,54-,55-,56+,57+,58+,59+,60+,61+,62+,63+/m0/s1. The maximum absolute atomic E-state index is 13.0. The molecule has 0 aliphatic carbocycles. The van der Waals surface area contributed by atoms with Crippen LogP contribution in [0.15, 0.2) is 0 Å². The molecule has 0 N–H and O–H groups in total. The lowest BCUT2D eigenvalue weighted by molar-refractivity contribution is -0.402. The van der Waals surface area contributed by atoms with Gasteiger partial charge >= 0.3 is 0 Å². The van der Waals surface area contributed by atoms with Gasteiger partial charge in [0.15, 0.2) is 44.0 Å². The summed E-state index contributed by atoms with van der Waals surface area (Å²) in [6, 6.07) is 0. The first kappa shape index (κ1) is 88.1. The van der Waals surface area contributed by atoms with E-state index in [2.05, 4.69) is 0 Å². The van der Waals surface area contributed by atoms with Crippen molar-refractivity contribution in [3.63, 3.8) is 0 Å². The van der Waals surface area contributed by atoms with E-state index in [-0.39, 0.29) is 33.0 Å². The highest BCUT2D eigenvalue weighted by Gasteiger charge is 2.62. The summed E-state index contributed by atoms with van der Waals surface area (Å²) in [7, 11) is 18.7. The summed E-state index contributed by atoms with van der Waals surface area (Å²) in [5.41, 5.74) is 0. The highest BCUT2D eigenvalue weighted by atomic mass is 32.2. The van der Waals surface area contributed by atoms with Gasteiger partial charge in [-0.3, -0.25) is 8.37 Å². The van der Waals surface area contributed by atoms with E-state index >= 15 is 0 Å². The number of hydrogen-bond donors (Lipinski definition) is 0. The van der Waals surface area contributed by atoms with Crippen molar-refractivity contribution in [2.24, 2.45) is 0 Å². The van der Waals surface area contributed by atoms with Crippen molar-refractivity contribution in [1.82, 2.24) is 0 Å². The molecule has 0 aromatic rings. The first-order valence-electron chi connectivity index (χ1n) is 33.7. The Kier molecular flexibility index (Phi) is 35.0. The monoisotopic (exact) mass is 1560 g/mol. The average molecular weight is 1560 g/mol. The Labute approximate surface area is 608 Å². The third-order valence-electron chi connectivity index (χ3n) is 19.5. The summed E-state index contributed by atoms with van der Waals surface area (Å²) < 4.78 is 275. The fraction of sp³-hybridized carbons (Fsp3) is 1.00. The van der Waals surface area contributed by atoms with Crippen molar-refractivity contribution in [2.75, 3.05) is 194 Å². The normalized spacial score (nSPS) is 44.4. The lowest BCUT2D eigenvalue weighted by Crippen LogP contribution is -2.69. The SMILES string of the molecule is COC[C@@H]1O[C@@H]2O[C@H]3[C@H](OC)[C@@H](OC)[C@@H](O[C@H]4[C@@H](OC)[C@H](OC)[C@@H](O[C@H]5[C@@H](OC)[C@H](OC)[C@@H](O[C@H]6[C@H](OC)[C@@H](OC)[C@@H](O[C@H]7[C@H](OC)[C@@H](OC)[C@@H](O[C@H]8[C@H](OC)[C@@H](OC)[C@@H](O[C@H]1[C@H](OC)[C@H]2OC)O[C@H]8COC)O[C@H]7COC)O[C@@H]6COC)O[C@@H]5COS(C)(=O)=O)O[C@@H]4COC)O[C@H]3COS(C)(=O)=O. The lowest BCUT2D eigenvalue weighted by atomic mass is 9.94. The molecule has 39 nitrogen and oxygen atoms in total. The second-order valence-corrected chi connectivity index (χ2v) is 28.9. The van der Waals surface area contributed by atoms with Crippen molar-refractivity contribution in [1.29, 1.82) is 0 Å². The molecule has 21 saturated heterocycles. The van der Waals surface area contributed by atoms with Crippen LogP contribution in [-0.2, 0) is 185 Å². The summed E-state index contributed by atoms with van der Waals surface area (Å²) >= 11 is 0. The third kappa shape index (κ3) is 20.3. The first-order valence-corrected chi connectivity index (χ1v) is 37.3. The van der Waals surface area contributed by atoms with E-state index in [0.717, 1.165) is 12.5 Å². The number of methoxy groups -OCH3 is 19. The van der Waals surface area contributed by atoms with E-state index < -0.39 is 248 Å². The smallest absolute Gasteiger partial charge is 0.264 e. The van der Waals surface area contributed by atoms with Gasteiger partial charge < -0.3 is 156 Å². The molecule has 21 aliphatic rings. The summed E-state index contributed by atoms with van der Waals surface area (Å²) in [6.07, 6.45) is -40.5. The fourth-order valence-corrected chi connectivity index (χ4v) is 15.7. The van der Waals surface area contributed by atoms with Crippen molar-refractivity contribution >= 4 is 20.2 Å². The highest BCUT2D eigenvalue weighted by Crippen LogP contribution is 2.43. The molecular formula is C63H112O39S2. The van der Waals surface area contributed by atoms with Gasteiger partial charge in [0.2, 0.25) is 0 Å². The summed E-state index contributed by atoms with van der Waals surface area (Å²) in [5, 5.41) is 0. The van der Waals surface area contributed by atoms with Gasteiger partial charge in [-0.05, 0) is 0 Å². The van der Waals surface area contributed by atoms with Crippen LogP contribution in [0.4, 0.5) is 0 Å². The van der Waals surface area contributed by atoms with E-state index in [4.69, 9.17) is 165 Å². The zero-order valence-corrected chi connectivity index (χ0v) is 64.5. The fourth-order valence-electron chi connectivity index (χ4n) is 14.9. The van der Waals surface area contributed by atoms with E-state index in [1.54, 1.807) is 0 Å². The molecule has 0 saturated carbocycles. The minimum absolute atomic E-state index is 0.102. The number of ether oxygens (including phenoxy) is 33. The molecule has 0 spiro atoms. The van der Waals surface area contributed by atoms with E-state index in [0.29, 0.717) is 0 Å². The Morgan fingerprint density at radius 3 is 0.423 bits per heavy atom. The van der Waals surface area contributed by atoms with Crippen LogP contribution in [0, 0.1) is 0 Å². The van der Waals surface area contributed by atoms with Gasteiger partial charge in [-0.25, -0.2) is 0 Å². The van der Waals surface area contributed by atoms with Crippen molar-refractivity contribution in [2.45, 2.75) is 215 Å². The van der Waals surface area contributed by atoms with Crippen LogP contribution in [0.3, 0.4) is 0 Å². The predicted octanol–water partition coefficient (Wildman–Crippen LogP) is -2.83. The molecule has 21 fully saturated rings. The first-order chi connectivity index (χ1) is 50.0. The van der Waals surface area contributed by atoms with Crippen LogP contribution < -0.4 is 0 Å². The Morgan fingerprint density at radius 2 is 0.317 bits per heavy atom. The maximum atomic E-state index is 13.0. The molecule has 610 valence electrons. The quantitative estimate of drug-likeness (QED) is 0.0654. The average Bonchev–Trinajstić information content (AvgIpc) is 0.767. The van der Waals surface area contributed by atoms with Crippen LogP contribution in [0.1, 0.15) is 0 Å². The molecule has 21 aliphatic heterocycles. The van der Waals surface area contributed by atoms with Gasteiger partial charge in [0, 0.05) is 135 Å². The molecule has 35 atom stereocenters. The zero-order valence-electron chi connectivity index (χ0n) is 62.9. The van der Waals surface area contributed by atoms with E-state index in [9.17, 15) is 16.8 Å². The minimum Gasteiger partial charge on any atom is -0.382 e. The molecular weight excluding hydrogens is 1440 g/mol. The van der Waals surface area contributed by atoms with Crippen LogP contribution in [0.2, 0.25) is 0 Å². The van der Waals surface area contributed by atoms with Crippen molar-refractivity contribution in [3.8, 4) is 0 Å². The summed E-state index contributed by atoms with van der Waals surface area (Å²) in [6.45, 7) is -2.05. The number of rotatable bonds is 30. The van der Waals surface area contributed by atoms with Crippen LogP contribution in [0.5, 0.6) is 0 Å². The Morgan fingerprint density at radius 1 is 0.192 bits per heavy atom. The van der Waals surface area contributed by atoms with E-state index in [1.807, 2.05) is 0 Å². The van der Waals surface area contributed by atoms with Gasteiger partial charge in [-0.15, -0.1) is 0 Å². The molecule has 14 bridgehead atoms. The van der Waals surface area contributed by atoms with Gasteiger partial charge in [-0.1, -0.05) is 0 Å². The lowest BCUT2D eigenvalue weighted by Gasteiger charge is -2.52. The van der Waals surface area contributed by atoms with Crippen LogP contribution in [0.25, 0.3) is 0 Å². The molecule has 0 amide bonds. The van der Waals surface area contributed by atoms with Crippen molar-refractivity contribution < 1.29 is 182 Å². The molecule has 41 heteroatoms. The Bertz CT molecular complexity index is 2660. The Hall–Kier alpha value is -1.50. The van der Waals surface area contributed by atoms with Crippen LogP contribution >= 0.6 is 0 Å². The molecule has 21 heterocycles. The molecule has 0 radical (unpaired) electrons. The van der Waals surface area contributed by atoms with E-state index in [1.165, 1.54) is 135 Å². The molecule has 104 heavy (non-hydrogen) atoms. The molecule has 21 rings (SSSR count). The molecule has 0 aromatic heterocycles. The minimum atomic E-state index is -4.19. The topological polar surface area (TPSA) is 391 Å². The Balaban J connectivity index is 1.27. The van der Waals surface area contributed by atoms with Gasteiger partial charge in [-0.2, -0.15) is 16.8 Å².